The lowest BCUT2D eigenvalue weighted by molar-refractivity contribution is -0.137. The van der Waals surface area contributed by atoms with Crippen LogP contribution in [0.1, 0.15) is 58.8 Å². The van der Waals surface area contributed by atoms with Gasteiger partial charge in [0.05, 0.1) is 7.11 Å². The standard InChI is InChI=1S/C17H30N2O3/c1-13(2)14(18-16(21)22-3)15(20)19-11-9-17(10-12-19)7-5-4-6-8-17/h13-14H,4-12H2,1-3H3,(H,18,21). The average molecular weight is 310 g/mol. The van der Waals surface area contributed by atoms with E-state index in [0.717, 1.165) is 25.9 Å². The third kappa shape index (κ3) is 3.93. The molecule has 0 aromatic rings. The summed E-state index contributed by atoms with van der Waals surface area (Å²) in [6, 6.07) is -0.493. The van der Waals surface area contributed by atoms with Crippen LogP contribution in [0.3, 0.4) is 0 Å². The molecule has 0 bridgehead atoms. The van der Waals surface area contributed by atoms with Gasteiger partial charge in [-0.2, -0.15) is 0 Å². The SMILES string of the molecule is COC(=O)NC(C(=O)N1CCC2(CCCCC2)CC1)C(C)C. The van der Waals surface area contributed by atoms with Crippen LogP contribution in [-0.4, -0.2) is 43.1 Å². The van der Waals surface area contributed by atoms with E-state index in [4.69, 9.17) is 0 Å². The number of ether oxygens (including phenoxy) is 1. The molecule has 5 heteroatoms. The molecule has 0 aromatic carbocycles. The van der Waals surface area contributed by atoms with Crippen LogP contribution in [0.25, 0.3) is 0 Å². The molecular weight excluding hydrogens is 280 g/mol. The Kier molecular flexibility index (Phi) is 5.70. The first-order valence-corrected chi connectivity index (χ1v) is 8.61. The Morgan fingerprint density at radius 2 is 1.64 bits per heavy atom. The number of hydrogen-bond acceptors (Lipinski definition) is 3. The van der Waals surface area contributed by atoms with Gasteiger partial charge in [-0.05, 0) is 37.0 Å². The molecule has 1 saturated carbocycles. The highest BCUT2D eigenvalue weighted by molar-refractivity contribution is 5.86. The first-order chi connectivity index (χ1) is 10.5. The van der Waals surface area contributed by atoms with E-state index in [-0.39, 0.29) is 11.8 Å². The van der Waals surface area contributed by atoms with Crippen molar-refractivity contribution in [2.45, 2.75) is 64.8 Å². The number of alkyl carbamates (subject to hydrolysis) is 1. The van der Waals surface area contributed by atoms with Crippen molar-refractivity contribution in [3.63, 3.8) is 0 Å². The minimum atomic E-state index is -0.534. The third-order valence-corrected chi connectivity index (χ3v) is 5.44. The Bertz CT molecular complexity index is 393. The Balaban J connectivity index is 1.93. The number of nitrogens with zero attached hydrogens (tertiary/aromatic N) is 1. The van der Waals surface area contributed by atoms with Gasteiger partial charge in [0.15, 0.2) is 0 Å². The van der Waals surface area contributed by atoms with E-state index in [1.54, 1.807) is 0 Å². The van der Waals surface area contributed by atoms with Gasteiger partial charge in [0.25, 0.3) is 0 Å². The summed E-state index contributed by atoms with van der Waals surface area (Å²) < 4.78 is 4.64. The molecule has 2 amide bonds. The molecular formula is C17H30N2O3. The van der Waals surface area contributed by atoms with Crippen molar-refractivity contribution in [3.8, 4) is 0 Å². The fourth-order valence-electron chi connectivity index (χ4n) is 3.90. The lowest BCUT2D eigenvalue weighted by atomic mass is 9.68. The number of carbonyl (C=O) groups is 2. The number of hydrogen-bond donors (Lipinski definition) is 1. The fraction of sp³-hybridized carbons (Fsp3) is 0.882. The van der Waals surface area contributed by atoms with Crippen LogP contribution >= 0.6 is 0 Å². The number of carbonyl (C=O) groups excluding carboxylic acids is 2. The molecule has 1 spiro atoms. The van der Waals surface area contributed by atoms with Crippen LogP contribution in [0.5, 0.6) is 0 Å². The molecule has 1 N–H and O–H groups in total. The van der Waals surface area contributed by atoms with Gasteiger partial charge in [-0.25, -0.2) is 4.79 Å². The van der Waals surface area contributed by atoms with Crippen molar-refractivity contribution in [3.05, 3.63) is 0 Å². The van der Waals surface area contributed by atoms with E-state index in [2.05, 4.69) is 10.1 Å². The number of nitrogens with one attached hydrogen (secondary N) is 1. The van der Waals surface area contributed by atoms with Crippen LogP contribution in [0.15, 0.2) is 0 Å². The van der Waals surface area contributed by atoms with E-state index in [1.165, 1.54) is 39.2 Å². The molecule has 1 unspecified atom stereocenters. The normalized spacial score (nSPS) is 22.5. The Hall–Kier alpha value is -1.26. The van der Waals surface area contributed by atoms with Crippen molar-refractivity contribution < 1.29 is 14.3 Å². The lowest BCUT2D eigenvalue weighted by Gasteiger charge is -2.45. The molecule has 5 nitrogen and oxygen atoms in total. The van der Waals surface area contributed by atoms with Crippen LogP contribution in [0.2, 0.25) is 0 Å². The van der Waals surface area contributed by atoms with Crippen LogP contribution in [0, 0.1) is 11.3 Å². The number of rotatable bonds is 3. The maximum atomic E-state index is 12.7. The van der Waals surface area contributed by atoms with Gasteiger partial charge in [-0.3, -0.25) is 4.79 Å². The van der Waals surface area contributed by atoms with E-state index in [0.29, 0.717) is 5.41 Å². The number of methoxy groups -OCH3 is 1. The number of amides is 2. The zero-order valence-electron chi connectivity index (χ0n) is 14.2. The van der Waals surface area contributed by atoms with E-state index in [1.807, 2.05) is 18.7 Å². The summed E-state index contributed by atoms with van der Waals surface area (Å²) in [5, 5.41) is 2.68. The van der Waals surface area contributed by atoms with E-state index < -0.39 is 12.1 Å². The molecule has 2 aliphatic rings. The number of piperidine rings is 1. The summed E-state index contributed by atoms with van der Waals surface area (Å²) in [7, 11) is 1.32. The summed E-state index contributed by atoms with van der Waals surface area (Å²) in [5.74, 6) is 0.0863. The molecule has 1 heterocycles. The monoisotopic (exact) mass is 310 g/mol. The minimum Gasteiger partial charge on any atom is -0.453 e. The molecule has 1 aliphatic carbocycles. The zero-order valence-corrected chi connectivity index (χ0v) is 14.2. The molecule has 2 rings (SSSR count). The second-order valence-corrected chi connectivity index (χ2v) is 7.24. The summed E-state index contributed by atoms with van der Waals surface area (Å²) in [6.07, 6.45) is 8.38. The molecule has 2 fully saturated rings. The predicted molar refractivity (Wildman–Crippen MR) is 85.5 cm³/mol. The summed E-state index contributed by atoms with van der Waals surface area (Å²) >= 11 is 0. The number of likely N-dealkylation sites (tertiary alicyclic amines) is 1. The van der Waals surface area contributed by atoms with Gasteiger partial charge in [0, 0.05) is 13.1 Å². The van der Waals surface area contributed by atoms with Gasteiger partial charge in [-0.15, -0.1) is 0 Å². The molecule has 1 atom stereocenters. The van der Waals surface area contributed by atoms with E-state index >= 15 is 0 Å². The van der Waals surface area contributed by atoms with Crippen molar-refractivity contribution >= 4 is 12.0 Å². The Morgan fingerprint density at radius 1 is 1.05 bits per heavy atom. The van der Waals surface area contributed by atoms with Gasteiger partial charge in [-0.1, -0.05) is 33.1 Å². The highest BCUT2D eigenvalue weighted by Crippen LogP contribution is 2.44. The quantitative estimate of drug-likeness (QED) is 0.872. The Morgan fingerprint density at radius 3 is 2.14 bits per heavy atom. The molecule has 0 aromatic heterocycles. The van der Waals surface area contributed by atoms with Crippen molar-refractivity contribution in [1.82, 2.24) is 10.2 Å². The van der Waals surface area contributed by atoms with Crippen LogP contribution in [0.4, 0.5) is 4.79 Å². The highest BCUT2D eigenvalue weighted by Gasteiger charge is 2.38. The first kappa shape index (κ1) is 17.1. The summed E-state index contributed by atoms with van der Waals surface area (Å²) in [5.41, 5.74) is 0.484. The Labute approximate surface area is 133 Å². The summed E-state index contributed by atoms with van der Waals surface area (Å²) in [4.78, 5) is 26.1. The lowest BCUT2D eigenvalue weighted by Crippen LogP contribution is -2.54. The second kappa shape index (κ2) is 7.34. The maximum Gasteiger partial charge on any atom is 0.407 e. The molecule has 0 radical (unpaired) electrons. The van der Waals surface area contributed by atoms with E-state index in [9.17, 15) is 9.59 Å². The summed E-state index contributed by atoms with van der Waals surface area (Å²) in [6.45, 7) is 5.55. The van der Waals surface area contributed by atoms with Crippen LogP contribution in [-0.2, 0) is 9.53 Å². The molecule has 1 saturated heterocycles. The van der Waals surface area contributed by atoms with Gasteiger partial charge in [0.2, 0.25) is 5.91 Å². The maximum absolute atomic E-state index is 12.7. The van der Waals surface area contributed by atoms with Gasteiger partial charge >= 0.3 is 6.09 Å². The minimum absolute atomic E-state index is 0.0334. The van der Waals surface area contributed by atoms with Gasteiger partial charge in [0.1, 0.15) is 6.04 Å². The second-order valence-electron chi connectivity index (χ2n) is 7.24. The van der Waals surface area contributed by atoms with Crippen molar-refractivity contribution in [1.29, 1.82) is 0 Å². The topological polar surface area (TPSA) is 58.6 Å². The molecule has 126 valence electrons. The van der Waals surface area contributed by atoms with Crippen LogP contribution < -0.4 is 5.32 Å². The predicted octanol–water partition coefficient (Wildman–Crippen LogP) is 2.94. The first-order valence-electron chi connectivity index (χ1n) is 8.61. The smallest absolute Gasteiger partial charge is 0.407 e. The van der Waals surface area contributed by atoms with Crippen molar-refractivity contribution in [2.75, 3.05) is 20.2 Å². The largest absolute Gasteiger partial charge is 0.453 e. The average Bonchev–Trinajstić information content (AvgIpc) is 2.53. The zero-order chi connectivity index (χ0) is 16.2. The fourth-order valence-corrected chi connectivity index (χ4v) is 3.90. The highest BCUT2D eigenvalue weighted by atomic mass is 16.5. The van der Waals surface area contributed by atoms with Crippen molar-refractivity contribution in [2.24, 2.45) is 11.3 Å². The third-order valence-electron chi connectivity index (χ3n) is 5.44. The van der Waals surface area contributed by atoms with Gasteiger partial charge < -0.3 is 15.0 Å². The molecule has 1 aliphatic heterocycles. The molecule has 22 heavy (non-hydrogen) atoms.